The van der Waals surface area contributed by atoms with Gasteiger partial charge in [-0.2, -0.15) is 0 Å². The molecule has 0 aliphatic heterocycles. The highest BCUT2D eigenvalue weighted by atomic mass is 15.1. The van der Waals surface area contributed by atoms with Gasteiger partial charge in [0.05, 0.1) is 12.0 Å². The molecule has 1 heterocycles. The molecule has 0 spiro atoms. The van der Waals surface area contributed by atoms with E-state index in [1.807, 2.05) is 12.5 Å². The monoisotopic (exact) mass is 233 g/mol. The fourth-order valence-electron chi connectivity index (χ4n) is 2.94. The molecule has 2 aliphatic carbocycles. The highest BCUT2D eigenvalue weighted by Gasteiger charge is 2.34. The Hall–Kier alpha value is -0.830. The zero-order valence-corrected chi connectivity index (χ0v) is 10.8. The summed E-state index contributed by atoms with van der Waals surface area (Å²) in [5.74, 6) is 0. The first-order valence-electron chi connectivity index (χ1n) is 7.04. The Kier molecular flexibility index (Phi) is 2.95. The van der Waals surface area contributed by atoms with E-state index in [1.54, 1.807) is 0 Å². The molecule has 3 rings (SSSR count). The summed E-state index contributed by atoms with van der Waals surface area (Å²) in [6, 6.07) is 0.748. The molecule has 17 heavy (non-hydrogen) atoms. The van der Waals surface area contributed by atoms with Gasteiger partial charge < -0.3 is 9.88 Å². The zero-order valence-electron chi connectivity index (χ0n) is 10.8. The Morgan fingerprint density at radius 2 is 2.29 bits per heavy atom. The minimum Gasteiger partial charge on any atom is -0.330 e. The predicted octanol–water partition coefficient (Wildman–Crippen LogP) is 2.89. The van der Waals surface area contributed by atoms with Gasteiger partial charge in [0.15, 0.2) is 0 Å². The van der Waals surface area contributed by atoms with Crippen LogP contribution in [0.5, 0.6) is 0 Å². The van der Waals surface area contributed by atoms with Gasteiger partial charge >= 0.3 is 0 Å². The molecule has 0 saturated heterocycles. The van der Waals surface area contributed by atoms with Crippen LogP contribution in [0.25, 0.3) is 0 Å². The van der Waals surface area contributed by atoms with Crippen LogP contribution in [0.1, 0.15) is 57.2 Å². The fraction of sp³-hybridized carbons (Fsp3) is 0.786. The number of nitrogens with one attached hydrogen (secondary N) is 1. The van der Waals surface area contributed by atoms with E-state index in [1.165, 1.54) is 50.8 Å². The predicted molar refractivity (Wildman–Crippen MR) is 68.8 cm³/mol. The maximum atomic E-state index is 4.28. The van der Waals surface area contributed by atoms with Crippen molar-refractivity contribution >= 4 is 0 Å². The molecule has 2 saturated carbocycles. The summed E-state index contributed by atoms with van der Waals surface area (Å²) >= 11 is 0. The van der Waals surface area contributed by atoms with Crippen LogP contribution in [-0.4, -0.2) is 16.1 Å². The molecular formula is C14H23N3. The van der Waals surface area contributed by atoms with Crippen LogP contribution in [0.2, 0.25) is 0 Å². The number of imidazole rings is 1. The second-order valence-electron chi connectivity index (χ2n) is 5.83. The van der Waals surface area contributed by atoms with Crippen molar-refractivity contribution in [3.63, 3.8) is 0 Å². The lowest BCUT2D eigenvalue weighted by Gasteiger charge is -2.41. The lowest BCUT2D eigenvalue weighted by atomic mass is 9.67. The topological polar surface area (TPSA) is 29.9 Å². The molecular weight excluding hydrogens is 210 g/mol. The number of hydrogen-bond donors (Lipinski definition) is 1. The highest BCUT2D eigenvalue weighted by Crippen LogP contribution is 2.43. The molecule has 2 fully saturated rings. The molecule has 0 aromatic carbocycles. The Morgan fingerprint density at radius 1 is 1.47 bits per heavy atom. The van der Waals surface area contributed by atoms with E-state index in [0.717, 1.165) is 12.6 Å². The van der Waals surface area contributed by atoms with Crippen molar-refractivity contribution in [2.45, 2.75) is 58.0 Å². The summed E-state index contributed by atoms with van der Waals surface area (Å²) in [4.78, 5) is 4.28. The molecule has 0 radical (unpaired) electrons. The van der Waals surface area contributed by atoms with Gasteiger partial charge in [0.2, 0.25) is 0 Å². The summed E-state index contributed by atoms with van der Waals surface area (Å²) in [5.41, 5.74) is 1.97. The van der Waals surface area contributed by atoms with Crippen LogP contribution < -0.4 is 5.32 Å². The van der Waals surface area contributed by atoms with Gasteiger partial charge in [-0.25, -0.2) is 4.98 Å². The van der Waals surface area contributed by atoms with Crippen LogP contribution in [0.3, 0.4) is 0 Å². The van der Waals surface area contributed by atoms with Crippen LogP contribution >= 0.6 is 0 Å². The first kappa shape index (κ1) is 11.3. The molecule has 3 heteroatoms. The molecule has 1 aromatic rings. The van der Waals surface area contributed by atoms with Crippen molar-refractivity contribution in [1.29, 1.82) is 0 Å². The normalized spacial score (nSPS) is 22.4. The Labute approximate surface area is 104 Å². The lowest BCUT2D eigenvalue weighted by Crippen LogP contribution is -2.39. The molecule has 94 valence electrons. The van der Waals surface area contributed by atoms with E-state index < -0.39 is 0 Å². The van der Waals surface area contributed by atoms with E-state index in [2.05, 4.69) is 21.8 Å². The largest absolute Gasteiger partial charge is 0.330 e. The van der Waals surface area contributed by atoms with E-state index in [4.69, 9.17) is 0 Å². The number of rotatable bonds is 6. The third kappa shape index (κ3) is 2.25. The van der Waals surface area contributed by atoms with Crippen LogP contribution in [0.4, 0.5) is 0 Å². The molecule has 1 aromatic heterocycles. The minimum absolute atomic E-state index is 0.616. The number of nitrogens with zero attached hydrogens (tertiary/aromatic N) is 2. The SMILES string of the molecule is CCC1(CNCc2cncn2C2CC2)CCC1. The second-order valence-corrected chi connectivity index (χ2v) is 5.83. The van der Waals surface area contributed by atoms with Gasteiger partial charge in [-0.1, -0.05) is 13.3 Å². The van der Waals surface area contributed by atoms with Crippen molar-refractivity contribution in [3.8, 4) is 0 Å². The van der Waals surface area contributed by atoms with Gasteiger partial charge in [-0.3, -0.25) is 0 Å². The molecule has 0 unspecified atom stereocenters. The van der Waals surface area contributed by atoms with Crippen molar-refractivity contribution in [1.82, 2.24) is 14.9 Å². The third-order valence-corrected chi connectivity index (χ3v) is 4.66. The Morgan fingerprint density at radius 3 is 2.88 bits per heavy atom. The summed E-state index contributed by atoms with van der Waals surface area (Å²) in [5, 5.41) is 3.64. The van der Waals surface area contributed by atoms with Crippen molar-refractivity contribution in [2.24, 2.45) is 5.41 Å². The average molecular weight is 233 g/mol. The number of aromatic nitrogens is 2. The maximum Gasteiger partial charge on any atom is 0.0951 e. The first-order chi connectivity index (χ1) is 8.33. The summed E-state index contributed by atoms with van der Waals surface area (Å²) < 4.78 is 2.35. The van der Waals surface area contributed by atoms with Crippen LogP contribution in [0.15, 0.2) is 12.5 Å². The highest BCUT2D eigenvalue weighted by molar-refractivity contribution is 5.03. The molecule has 0 amide bonds. The molecule has 0 atom stereocenters. The van der Waals surface area contributed by atoms with Crippen molar-refractivity contribution < 1.29 is 0 Å². The smallest absolute Gasteiger partial charge is 0.0951 e. The quantitative estimate of drug-likeness (QED) is 0.818. The molecule has 3 nitrogen and oxygen atoms in total. The van der Waals surface area contributed by atoms with Gasteiger partial charge in [0.25, 0.3) is 0 Å². The van der Waals surface area contributed by atoms with E-state index in [0.29, 0.717) is 5.41 Å². The third-order valence-electron chi connectivity index (χ3n) is 4.66. The Balaban J connectivity index is 1.51. The second kappa shape index (κ2) is 4.45. The van der Waals surface area contributed by atoms with E-state index in [9.17, 15) is 0 Å². The Bertz CT molecular complexity index is 369. The fourth-order valence-corrected chi connectivity index (χ4v) is 2.94. The standard InChI is InChI=1S/C14H23N3/c1-2-14(6-3-7-14)10-15-8-13-9-16-11-17(13)12-4-5-12/h9,11-12,15H,2-8,10H2,1H3. The summed E-state index contributed by atoms with van der Waals surface area (Å²) in [6.45, 7) is 4.49. The van der Waals surface area contributed by atoms with Gasteiger partial charge in [0, 0.05) is 25.3 Å². The van der Waals surface area contributed by atoms with Crippen LogP contribution in [0, 0.1) is 5.41 Å². The molecule has 0 bridgehead atoms. The maximum absolute atomic E-state index is 4.28. The van der Waals surface area contributed by atoms with Crippen molar-refractivity contribution in [2.75, 3.05) is 6.54 Å². The van der Waals surface area contributed by atoms with E-state index >= 15 is 0 Å². The summed E-state index contributed by atoms with van der Waals surface area (Å²) in [7, 11) is 0. The zero-order chi connectivity index (χ0) is 11.7. The van der Waals surface area contributed by atoms with Gasteiger partial charge in [-0.15, -0.1) is 0 Å². The molecule has 2 aliphatic rings. The van der Waals surface area contributed by atoms with Gasteiger partial charge in [0.1, 0.15) is 0 Å². The van der Waals surface area contributed by atoms with Gasteiger partial charge in [-0.05, 0) is 37.5 Å². The van der Waals surface area contributed by atoms with Crippen LogP contribution in [-0.2, 0) is 6.54 Å². The molecule has 1 N–H and O–H groups in total. The number of hydrogen-bond acceptors (Lipinski definition) is 2. The lowest BCUT2D eigenvalue weighted by molar-refractivity contribution is 0.123. The minimum atomic E-state index is 0.616. The average Bonchev–Trinajstić information content (AvgIpc) is 3.03. The van der Waals surface area contributed by atoms with E-state index in [-0.39, 0.29) is 0 Å². The first-order valence-corrected chi connectivity index (χ1v) is 7.04. The summed E-state index contributed by atoms with van der Waals surface area (Å²) in [6.07, 6.45) is 12.3. The van der Waals surface area contributed by atoms with Crippen molar-refractivity contribution in [3.05, 3.63) is 18.2 Å².